The lowest BCUT2D eigenvalue weighted by Gasteiger charge is -2.16. The van der Waals surface area contributed by atoms with Crippen LogP contribution in [-0.2, 0) is 13.1 Å². The van der Waals surface area contributed by atoms with Crippen LogP contribution in [0.1, 0.15) is 36.8 Å². The first-order valence-corrected chi connectivity index (χ1v) is 7.35. The Balaban J connectivity index is 1.45. The van der Waals surface area contributed by atoms with Gasteiger partial charge in [-0.05, 0) is 61.1 Å². The topological polar surface area (TPSA) is 38.0 Å². The molecule has 2 aliphatic rings. The van der Waals surface area contributed by atoms with E-state index in [1.165, 1.54) is 43.4 Å². The van der Waals surface area contributed by atoms with Gasteiger partial charge in [-0.15, -0.1) is 0 Å². The third-order valence-electron chi connectivity index (χ3n) is 4.42. The fourth-order valence-electron chi connectivity index (χ4n) is 2.94. The summed E-state index contributed by atoms with van der Waals surface area (Å²) in [5, 5.41) is 3.65. The maximum atomic E-state index is 5.60. The van der Waals surface area contributed by atoms with Gasteiger partial charge in [0.05, 0.1) is 0 Å². The molecule has 2 saturated carbocycles. The Kier molecular flexibility index (Phi) is 3.67. The maximum Gasteiger partial charge on any atom is 0.0205 e. The second kappa shape index (κ2) is 5.41. The van der Waals surface area contributed by atoms with Gasteiger partial charge in [0, 0.05) is 13.1 Å². The zero-order valence-corrected chi connectivity index (χ0v) is 11.1. The van der Waals surface area contributed by atoms with E-state index in [4.69, 9.17) is 5.73 Å². The lowest BCUT2D eigenvalue weighted by Crippen LogP contribution is -2.25. The Labute approximate surface area is 110 Å². The Morgan fingerprint density at radius 1 is 1.00 bits per heavy atom. The molecule has 0 aliphatic heterocycles. The number of hydrogen-bond donors (Lipinski definition) is 2. The normalized spacial score (nSPS) is 19.4. The fourth-order valence-corrected chi connectivity index (χ4v) is 2.94. The van der Waals surface area contributed by atoms with Crippen LogP contribution in [0.15, 0.2) is 24.3 Å². The summed E-state index contributed by atoms with van der Waals surface area (Å²) in [4.78, 5) is 0. The van der Waals surface area contributed by atoms with Gasteiger partial charge < -0.3 is 11.1 Å². The number of benzene rings is 1. The van der Waals surface area contributed by atoms with Gasteiger partial charge in [0.15, 0.2) is 0 Å². The highest BCUT2D eigenvalue weighted by Crippen LogP contribution is 2.48. The molecule has 2 aliphatic carbocycles. The van der Waals surface area contributed by atoms with Gasteiger partial charge in [-0.1, -0.05) is 24.3 Å². The molecule has 0 heterocycles. The summed E-state index contributed by atoms with van der Waals surface area (Å²) < 4.78 is 0. The third kappa shape index (κ3) is 3.12. The fraction of sp³-hybridized carbons (Fsp3) is 0.625. The summed E-state index contributed by atoms with van der Waals surface area (Å²) in [6.07, 6.45) is 5.92. The van der Waals surface area contributed by atoms with E-state index in [1.54, 1.807) is 0 Å². The number of hydrogen-bond acceptors (Lipinski definition) is 2. The van der Waals surface area contributed by atoms with Crippen molar-refractivity contribution in [2.24, 2.45) is 23.5 Å². The lowest BCUT2D eigenvalue weighted by molar-refractivity contribution is 0.378. The third-order valence-corrected chi connectivity index (χ3v) is 4.42. The first-order valence-electron chi connectivity index (χ1n) is 7.35. The van der Waals surface area contributed by atoms with Gasteiger partial charge in [0.1, 0.15) is 0 Å². The highest BCUT2D eigenvalue weighted by molar-refractivity contribution is 5.22. The van der Waals surface area contributed by atoms with Crippen LogP contribution in [0.5, 0.6) is 0 Å². The molecule has 0 spiro atoms. The first-order chi connectivity index (χ1) is 8.86. The van der Waals surface area contributed by atoms with Crippen LogP contribution >= 0.6 is 0 Å². The molecule has 0 bridgehead atoms. The van der Waals surface area contributed by atoms with Gasteiger partial charge in [-0.25, -0.2) is 0 Å². The van der Waals surface area contributed by atoms with Crippen molar-refractivity contribution < 1.29 is 0 Å². The van der Waals surface area contributed by atoms with Crippen molar-refractivity contribution >= 4 is 0 Å². The molecule has 3 N–H and O–H groups in total. The molecule has 3 rings (SSSR count). The van der Waals surface area contributed by atoms with Gasteiger partial charge in [-0.2, -0.15) is 0 Å². The van der Waals surface area contributed by atoms with Crippen LogP contribution < -0.4 is 11.1 Å². The summed E-state index contributed by atoms with van der Waals surface area (Å²) in [6.45, 7) is 2.86. The predicted molar refractivity (Wildman–Crippen MR) is 75.0 cm³/mol. The highest BCUT2D eigenvalue weighted by Gasteiger charge is 2.40. The summed E-state index contributed by atoms with van der Waals surface area (Å²) >= 11 is 0. The summed E-state index contributed by atoms with van der Waals surface area (Å²) in [6, 6.07) is 8.66. The average molecular weight is 244 g/mol. The molecule has 0 radical (unpaired) electrons. The first kappa shape index (κ1) is 12.2. The van der Waals surface area contributed by atoms with Crippen molar-refractivity contribution in [3.8, 4) is 0 Å². The van der Waals surface area contributed by atoms with E-state index >= 15 is 0 Å². The summed E-state index contributed by atoms with van der Waals surface area (Å²) in [7, 11) is 0. The Hall–Kier alpha value is -0.860. The van der Waals surface area contributed by atoms with Crippen molar-refractivity contribution in [3.63, 3.8) is 0 Å². The van der Waals surface area contributed by atoms with Crippen LogP contribution in [-0.4, -0.2) is 6.54 Å². The number of rotatable bonds is 7. The number of nitrogens with one attached hydrogen (secondary N) is 1. The van der Waals surface area contributed by atoms with Crippen molar-refractivity contribution in [2.45, 2.75) is 38.8 Å². The quantitative estimate of drug-likeness (QED) is 0.774. The molecule has 2 heteroatoms. The van der Waals surface area contributed by atoms with Gasteiger partial charge in [-0.3, -0.25) is 0 Å². The number of nitrogens with two attached hydrogens (primary N) is 1. The SMILES string of the molecule is NCc1ccc(CNCC(C2CC2)C2CC2)cc1. The van der Waals surface area contributed by atoms with Crippen molar-refractivity contribution in [2.75, 3.05) is 6.54 Å². The largest absolute Gasteiger partial charge is 0.326 e. The van der Waals surface area contributed by atoms with Gasteiger partial charge in [0.2, 0.25) is 0 Å². The molecule has 0 aromatic heterocycles. The molecule has 0 saturated heterocycles. The molecular weight excluding hydrogens is 220 g/mol. The second-order valence-electron chi connectivity index (χ2n) is 5.99. The van der Waals surface area contributed by atoms with E-state index in [0.29, 0.717) is 6.54 Å². The Bertz CT molecular complexity index is 365. The molecule has 18 heavy (non-hydrogen) atoms. The zero-order chi connectivity index (χ0) is 12.4. The minimum absolute atomic E-state index is 0.638. The Morgan fingerprint density at radius 3 is 2.06 bits per heavy atom. The molecule has 0 unspecified atom stereocenters. The molecule has 2 nitrogen and oxygen atoms in total. The van der Waals surface area contributed by atoms with E-state index in [0.717, 1.165) is 24.3 Å². The Morgan fingerprint density at radius 2 is 1.56 bits per heavy atom. The summed E-state index contributed by atoms with van der Waals surface area (Å²) in [5.41, 5.74) is 8.19. The average Bonchev–Trinajstić information content (AvgIpc) is 3.29. The van der Waals surface area contributed by atoms with Gasteiger partial charge in [0.25, 0.3) is 0 Å². The van der Waals surface area contributed by atoms with Crippen LogP contribution in [0.4, 0.5) is 0 Å². The monoisotopic (exact) mass is 244 g/mol. The van der Waals surface area contributed by atoms with Crippen LogP contribution in [0.3, 0.4) is 0 Å². The van der Waals surface area contributed by atoms with E-state index in [2.05, 4.69) is 29.6 Å². The van der Waals surface area contributed by atoms with E-state index < -0.39 is 0 Å². The standard InChI is InChI=1S/C16H24N2/c17-9-12-1-3-13(4-2-12)10-18-11-16(14-5-6-14)15-7-8-15/h1-4,14-16,18H,5-11,17H2. The molecule has 0 amide bonds. The molecule has 98 valence electrons. The van der Waals surface area contributed by atoms with Crippen molar-refractivity contribution in [3.05, 3.63) is 35.4 Å². The van der Waals surface area contributed by atoms with Crippen molar-refractivity contribution in [1.82, 2.24) is 5.32 Å². The maximum absolute atomic E-state index is 5.60. The van der Waals surface area contributed by atoms with E-state index in [1.807, 2.05) is 0 Å². The molecule has 0 atom stereocenters. The van der Waals surface area contributed by atoms with E-state index in [9.17, 15) is 0 Å². The molecule has 1 aromatic rings. The van der Waals surface area contributed by atoms with Gasteiger partial charge >= 0.3 is 0 Å². The highest BCUT2D eigenvalue weighted by atomic mass is 14.9. The smallest absolute Gasteiger partial charge is 0.0205 e. The second-order valence-corrected chi connectivity index (χ2v) is 5.99. The zero-order valence-electron chi connectivity index (χ0n) is 11.1. The lowest BCUT2D eigenvalue weighted by atomic mass is 9.98. The minimum atomic E-state index is 0.638. The minimum Gasteiger partial charge on any atom is -0.326 e. The van der Waals surface area contributed by atoms with Crippen LogP contribution in [0.2, 0.25) is 0 Å². The van der Waals surface area contributed by atoms with Crippen LogP contribution in [0.25, 0.3) is 0 Å². The van der Waals surface area contributed by atoms with E-state index in [-0.39, 0.29) is 0 Å². The molecule has 2 fully saturated rings. The van der Waals surface area contributed by atoms with Crippen molar-refractivity contribution in [1.29, 1.82) is 0 Å². The predicted octanol–water partition coefficient (Wildman–Crippen LogP) is 2.67. The molecular formula is C16H24N2. The van der Waals surface area contributed by atoms with Crippen LogP contribution in [0, 0.1) is 17.8 Å². The molecule has 1 aromatic carbocycles. The summed E-state index contributed by atoms with van der Waals surface area (Å²) in [5.74, 6) is 3.06.